The van der Waals surface area contributed by atoms with Crippen LogP contribution in [-0.2, 0) is 32.8 Å². The van der Waals surface area contributed by atoms with Crippen molar-refractivity contribution < 1.29 is 25.6 Å². The monoisotopic (exact) mass is 482 g/mol. The number of sulfone groups is 2. The summed E-state index contributed by atoms with van der Waals surface area (Å²) in [6, 6.07) is 10.5. The first kappa shape index (κ1) is 21.9. The van der Waals surface area contributed by atoms with Crippen molar-refractivity contribution in [2.24, 2.45) is 0 Å². The van der Waals surface area contributed by atoms with Crippen molar-refractivity contribution >= 4 is 19.7 Å². The van der Waals surface area contributed by atoms with Gasteiger partial charge in [0.25, 0.3) is 0 Å². The molecule has 0 amide bonds. The summed E-state index contributed by atoms with van der Waals surface area (Å²) in [5.41, 5.74) is 1.35. The van der Waals surface area contributed by atoms with Crippen LogP contribution in [0.5, 0.6) is 0 Å². The van der Waals surface area contributed by atoms with E-state index >= 15 is 0 Å². The standard InChI is InChI=1S/C22H24F2N2O4S2/c23-17-5-1-3-15(7-17)9-25-19-11-31(27,28)13-21(19)26(10-16-4-2-6-18(24)8-16)22-14-32(29,30)12-20(22)25/h1-8,19-22H,9-14H2/t19-,20+,21+,22-. The minimum atomic E-state index is -3.34. The summed E-state index contributed by atoms with van der Waals surface area (Å²) < 4.78 is 78.2. The first-order valence-corrected chi connectivity index (χ1v) is 14.2. The maximum Gasteiger partial charge on any atom is 0.153 e. The van der Waals surface area contributed by atoms with E-state index in [1.54, 1.807) is 24.3 Å². The van der Waals surface area contributed by atoms with Crippen LogP contribution in [0.2, 0.25) is 0 Å². The molecule has 32 heavy (non-hydrogen) atoms. The van der Waals surface area contributed by atoms with E-state index < -0.39 is 55.5 Å². The van der Waals surface area contributed by atoms with Gasteiger partial charge in [0, 0.05) is 37.3 Å². The van der Waals surface area contributed by atoms with Crippen LogP contribution < -0.4 is 0 Å². The fourth-order valence-corrected chi connectivity index (χ4v) is 9.55. The average Bonchev–Trinajstić information content (AvgIpc) is 3.19. The molecule has 0 saturated carbocycles. The van der Waals surface area contributed by atoms with Gasteiger partial charge in [-0.2, -0.15) is 0 Å². The van der Waals surface area contributed by atoms with Crippen molar-refractivity contribution in [3.8, 4) is 0 Å². The van der Waals surface area contributed by atoms with Gasteiger partial charge in [0.1, 0.15) is 11.6 Å². The third-order valence-corrected chi connectivity index (χ3v) is 10.2. The number of hydrogen-bond acceptors (Lipinski definition) is 6. The molecule has 4 atom stereocenters. The molecule has 3 heterocycles. The Labute approximate surface area is 186 Å². The molecule has 3 aliphatic rings. The Balaban J connectivity index is 1.54. The first-order valence-electron chi connectivity index (χ1n) is 10.5. The summed E-state index contributed by atoms with van der Waals surface area (Å²) in [4.78, 5) is 3.92. The van der Waals surface area contributed by atoms with Crippen LogP contribution in [0.3, 0.4) is 0 Å². The molecule has 10 heteroatoms. The van der Waals surface area contributed by atoms with Gasteiger partial charge in [-0.15, -0.1) is 0 Å². The highest BCUT2D eigenvalue weighted by Gasteiger charge is 2.57. The zero-order chi connectivity index (χ0) is 22.7. The van der Waals surface area contributed by atoms with Crippen LogP contribution in [0.4, 0.5) is 8.78 Å². The molecule has 0 unspecified atom stereocenters. The van der Waals surface area contributed by atoms with Crippen molar-refractivity contribution in [1.29, 1.82) is 0 Å². The van der Waals surface area contributed by atoms with E-state index in [-0.39, 0.29) is 36.1 Å². The average molecular weight is 483 g/mol. The Kier molecular flexibility index (Phi) is 5.39. The van der Waals surface area contributed by atoms with Crippen LogP contribution >= 0.6 is 0 Å². The van der Waals surface area contributed by atoms with Crippen LogP contribution in [-0.4, -0.2) is 73.8 Å². The van der Waals surface area contributed by atoms with Crippen LogP contribution in [0.25, 0.3) is 0 Å². The Hall–Kier alpha value is -1.88. The normalized spacial score (nSPS) is 31.3. The summed E-state index contributed by atoms with van der Waals surface area (Å²) in [6.07, 6.45) is 0. The summed E-state index contributed by atoms with van der Waals surface area (Å²) >= 11 is 0. The van der Waals surface area contributed by atoms with Gasteiger partial charge in [-0.3, -0.25) is 9.80 Å². The van der Waals surface area contributed by atoms with Gasteiger partial charge < -0.3 is 0 Å². The highest BCUT2D eigenvalue weighted by Crippen LogP contribution is 2.39. The quantitative estimate of drug-likeness (QED) is 0.659. The van der Waals surface area contributed by atoms with Crippen molar-refractivity contribution in [1.82, 2.24) is 9.80 Å². The second kappa shape index (κ2) is 7.86. The zero-order valence-corrected chi connectivity index (χ0v) is 18.9. The summed E-state index contributed by atoms with van der Waals surface area (Å²) in [7, 11) is -6.67. The number of piperazine rings is 1. The molecule has 3 fully saturated rings. The summed E-state index contributed by atoms with van der Waals surface area (Å²) in [5, 5.41) is 0. The zero-order valence-electron chi connectivity index (χ0n) is 17.3. The fraction of sp³-hybridized carbons (Fsp3) is 0.455. The molecule has 0 N–H and O–H groups in total. The number of nitrogens with zero attached hydrogens (tertiary/aromatic N) is 2. The fourth-order valence-electron chi connectivity index (χ4n) is 5.54. The molecule has 0 aromatic heterocycles. The van der Waals surface area contributed by atoms with Gasteiger partial charge in [0.2, 0.25) is 0 Å². The van der Waals surface area contributed by atoms with Crippen molar-refractivity contribution in [3.05, 3.63) is 71.3 Å². The molecule has 0 bridgehead atoms. The Bertz CT molecular complexity index is 1120. The molecule has 0 radical (unpaired) electrons. The minimum Gasteiger partial charge on any atom is -0.288 e. The van der Waals surface area contributed by atoms with Gasteiger partial charge >= 0.3 is 0 Å². The summed E-state index contributed by atoms with van der Waals surface area (Å²) in [5.74, 6) is -1.07. The maximum atomic E-state index is 13.8. The maximum absolute atomic E-state index is 13.8. The molecule has 6 nitrogen and oxygen atoms in total. The molecular weight excluding hydrogens is 458 g/mol. The van der Waals surface area contributed by atoms with E-state index in [1.807, 2.05) is 9.80 Å². The van der Waals surface area contributed by atoms with Crippen molar-refractivity contribution in [3.63, 3.8) is 0 Å². The molecule has 5 rings (SSSR count). The van der Waals surface area contributed by atoms with Gasteiger partial charge in [-0.05, 0) is 35.4 Å². The van der Waals surface area contributed by atoms with E-state index in [9.17, 15) is 25.6 Å². The highest BCUT2D eigenvalue weighted by atomic mass is 32.2. The van der Waals surface area contributed by atoms with Crippen molar-refractivity contribution in [2.75, 3.05) is 23.0 Å². The third kappa shape index (κ3) is 4.21. The largest absolute Gasteiger partial charge is 0.288 e. The summed E-state index contributed by atoms with van der Waals surface area (Å²) in [6.45, 7) is 0.553. The van der Waals surface area contributed by atoms with Crippen LogP contribution in [0.15, 0.2) is 48.5 Å². The second-order valence-electron chi connectivity index (χ2n) is 9.03. The Morgan fingerprint density at radius 2 is 1.00 bits per heavy atom. The molecule has 172 valence electrons. The molecule has 2 aromatic rings. The third-order valence-electron chi connectivity index (χ3n) is 6.80. The number of fused-ring (bicyclic) bond motifs is 2. The lowest BCUT2D eigenvalue weighted by Gasteiger charge is -2.51. The van der Waals surface area contributed by atoms with E-state index in [2.05, 4.69) is 0 Å². The molecule has 3 saturated heterocycles. The van der Waals surface area contributed by atoms with Crippen LogP contribution in [0, 0.1) is 11.6 Å². The number of rotatable bonds is 4. The van der Waals surface area contributed by atoms with Crippen molar-refractivity contribution in [2.45, 2.75) is 37.3 Å². The predicted molar refractivity (Wildman–Crippen MR) is 116 cm³/mol. The van der Waals surface area contributed by atoms with E-state index in [0.717, 1.165) is 0 Å². The van der Waals surface area contributed by atoms with Gasteiger partial charge in [0.05, 0.1) is 23.0 Å². The van der Waals surface area contributed by atoms with Crippen LogP contribution in [0.1, 0.15) is 11.1 Å². The lowest BCUT2D eigenvalue weighted by atomic mass is 9.93. The first-order chi connectivity index (χ1) is 15.1. The van der Waals surface area contributed by atoms with Gasteiger partial charge in [-0.25, -0.2) is 25.6 Å². The predicted octanol–water partition coefficient (Wildman–Crippen LogP) is 1.61. The number of halogens is 2. The minimum absolute atomic E-state index is 0.0735. The number of hydrogen-bond donors (Lipinski definition) is 0. The molecule has 3 aliphatic heterocycles. The highest BCUT2D eigenvalue weighted by molar-refractivity contribution is 7.92. The van der Waals surface area contributed by atoms with Gasteiger partial charge in [-0.1, -0.05) is 24.3 Å². The molecule has 2 aromatic carbocycles. The van der Waals surface area contributed by atoms with E-state index in [0.29, 0.717) is 11.1 Å². The lowest BCUT2D eigenvalue weighted by molar-refractivity contribution is -0.0342. The number of benzene rings is 2. The molecule has 0 spiro atoms. The molecular formula is C22H24F2N2O4S2. The van der Waals surface area contributed by atoms with E-state index in [1.165, 1.54) is 24.3 Å². The second-order valence-corrected chi connectivity index (χ2v) is 13.3. The lowest BCUT2D eigenvalue weighted by Crippen LogP contribution is -2.67. The van der Waals surface area contributed by atoms with E-state index in [4.69, 9.17) is 0 Å². The molecule has 0 aliphatic carbocycles. The topological polar surface area (TPSA) is 74.8 Å². The van der Waals surface area contributed by atoms with Gasteiger partial charge in [0.15, 0.2) is 19.7 Å². The Morgan fingerprint density at radius 1 is 0.656 bits per heavy atom. The Morgan fingerprint density at radius 3 is 1.31 bits per heavy atom. The smallest absolute Gasteiger partial charge is 0.153 e. The SMILES string of the molecule is O=S1(=O)C[C@@H]2[C@H](C1)N(Cc1cccc(F)c1)[C@@H]1CS(=O)(=O)C[C@@H]1N2Cc1cccc(F)c1.